The van der Waals surface area contributed by atoms with E-state index in [1.165, 1.54) is 6.07 Å². The SMILES string of the molecule is CCCOc1cc(=O)[nH]c2ccc(OC)cc12. The molecule has 0 spiro atoms. The quantitative estimate of drug-likeness (QED) is 0.881. The van der Waals surface area contributed by atoms with E-state index in [-0.39, 0.29) is 5.56 Å². The second-order valence-corrected chi connectivity index (χ2v) is 3.76. The normalized spacial score (nSPS) is 10.5. The smallest absolute Gasteiger partial charge is 0.252 e. The number of hydrogen-bond donors (Lipinski definition) is 1. The molecule has 2 aromatic rings. The third kappa shape index (κ3) is 2.41. The molecule has 90 valence electrons. The van der Waals surface area contributed by atoms with Crippen molar-refractivity contribution >= 4 is 10.9 Å². The Morgan fingerprint density at radius 1 is 1.29 bits per heavy atom. The van der Waals surface area contributed by atoms with Crippen LogP contribution in [-0.2, 0) is 0 Å². The van der Waals surface area contributed by atoms with Crippen LogP contribution in [0.25, 0.3) is 10.9 Å². The number of H-pyrrole nitrogens is 1. The first-order chi connectivity index (χ1) is 8.24. The lowest BCUT2D eigenvalue weighted by Crippen LogP contribution is -2.07. The molecular formula is C13H15NO3. The van der Waals surface area contributed by atoms with Crippen molar-refractivity contribution in [2.75, 3.05) is 13.7 Å². The van der Waals surface area contributed by atoms with Gasteiger partial charge < -0.3 is 14.5 Å². The highest BCUT2D eigenvalue weighted by molar-refractivity contribution is 5.86. The highest BCUT2D eigenvalue weighted by Gasteiger charge is 2.05. The van der Waals surface area contributed by atoms with Crippen molar-refractivity contribution in [2.45, 2.75) is 13.3 Å². The molecule has 17 heavy (non-hydrogen) atoms. The number of methoxy groups -OCH3 is 1. The topological polar surface area (TPSA) is 51.3 Å². The van der Waals surface area contributed by atoms with Crippen molar-refractivity contribution < 1.29 is 9.47 Å². The number of ether oxygens (including phenoxy) is 2. The minimum atomic E-state index is -0.159. The van der Waals surface area contributed by atoms with E-state index in [1.807, 2.05) is 25.1 Å². The van der Waals surface area contributed by atoms with Gasteiger partial charge in [0.1, 0.15) is 11.5 Å². The molecule has 4 heteroatoms. The number of aromatic amines is 1. The average Bonchev–Trinajstić information content (AvgIpc) is 2.35. The highest BCUT2D eigenvalue weighted by atomic mass is 16.5. The van der Waals surface area contributed by atoms with Crippen LogP contribution in [-0.4, -0.2) is 18.7 Å². The molecule has 0 amide bonds. The molecule has 0 saturated heterocycles. The Balaban J connectivity index is 2.57. The molecule has 0 atom stereocenters. The molecule has 0 radical (unpaired) electrons. The number of rotatable bonds is 4. The Kier molecular flexibility index (Phi) is 3.32. The largest absolute Gasteiger partial charge is 0.497 e. The van der Waals surface area contributed by atoms with Crippen molar-refractivity contribution in [2.24, 2.45) is 0 Å². The zero-order valence-corrected chi connectivity index (χ0v) is 9.95. The summed E-state index contributed by atoms with van der Waals surface area (Å²) in [6.07, 6.45) is 0.901. The number of hydrogen-bond acceptors (Lipinski definition) is 3. The van der Waals surface area contributed by atoms with Crippen LogP contribution in [0.2, 0.25) is 0 Å². The molecule has 0 unspecified atom stereocenters. The molecule has 0 aliphatic heterocycles. The maximum Gasteiger partial charge on any atom is 0.252 e. The van der Waals surface area contributed by atoms with Crippen molar-refractivity contribution in [1.82, 2.24) is 4.98 Å². The van der Waals surface area contributed by atoms with E-state index in [9.17, 15) is 4.79 Å². The first-order valence-electron chi connectivity index (χ1n) is 5.58. The summed E-state index contributed by atoms with van der Waals surface area (Å²) >= 11 is 0. The number of benzene rings is 1. The van der Waals surface area contributed by atoms with Crippen LogP contribution in [0.15, 0.2) is 29.1 Å². The van der Waals surface area contributed by atoms with Gasteiger partial charge in [0.25, 0.3) is 5.56 Å². The van der Waals surface area contributed by atoms with E-state index in [1.54, 1.807) is 7.11 Å². The molecule has 1 aromatic heterocycles. The third-order valence-corrected chi connectivity index (χ3v) is 2.47. The van der Waals surface area contributed by atoms with E-state index >= 15 is 0 Å². The summed E-state index contributed by atoms with van der Waals surface area (Å²) in [5, 5.41) is 0.859. The molecule has 0 saturated carbocycles. The van der Waals surface area contributed by atoms with Gasteiger partial charge in [-0.05, 0) is 24.6 Å². The lowest BCUT2D eigenvalue weighted by molar-refractivity contribution is 0.320. The first-order valence-corrected chi connectivity index (χ1v) is 5.58. The van der Waals surface area contributed by atoms with Crippen LogP contribution in [0.4, 0.5) is 0 Å². The van der Waals surface area contributed by atoms with Crippen LogP contribution in [0.1, 0.15) is 13.3 Å². The molecule has 2 rings (SSSR count). The number of nitrogens with one attached hydrogen (secondary N) is 1. The van der Waals surface area contributed by atoms with Crippen LogP contribution in [0.5, 0.6) is 11.5 Å². The fraction of sp³-hybridized carbons (Fsp3) is 0.308. The molecule has 0 fully saturated rings. The van der Waals surface area contributed by atoms with Gasteiger partial charge in [-0.15, -0.1) is 0 Å². The molecule has 0 aliphatic rings. The second kappa shape index (κ2) is 4.91. The fourth-order valence-electron chi connectivity index (χ4n) is 1.66. The molecule has 0 bridgehead atoms. The molecule has 4 nitrogen and oxygen atoms in total. The Bertz CT molecular complexity index is 574. The second-order valence-electron chi connectivity index (χ2n) is 3.76. The van der Waals surface area contributed by atoms with Gasteiger partial charge in [-0.3, -0.25) is 4.79 Å². The van der Waals surface area contributed by atoms with Crippen LogP contribution in [0, 0.1) is 0 Å². The highest BCUT2D eigenvalue weighted by Crippen LogP contribution is 2.26. The maximum absolute atomic E-state index is 11.5. The number of fused-ring (bicyclic) bond motifs is 1. The molecule has 0 aliphatic carbocycles. The molecule has 1 N–H and O–H groups in total. The van der Waals surface area contributed by atoms with Crippen molar-refractivity contribution in [3.05, 3.63) is 34.6 Å². The van der Waals surface area contributed by atoms with Crippen LogP contribution < -0.4 is 15.0 Å². The van der Waals surface area contributed by atoms with E-state index in [0.717, 1.165) is 23.1 Å². The van der Waals surface area contributed by atoms with Gasteiger partial charge in [0.15, 0.2) is 0 Å². The summed E-state index contributed by atoms with van der Waals surface area (Å²) in [6, 6.07) is 6.95. The van der Waals surface area contributed by atoms with Crippen molar-refractivity contribution in [1.29, 1.82) is 0 Å². The summed E-state index contributed by atoms with van der Waals surface area (Å²) in [7, 11) is 1.61. The zero-order chi connectivity index (χ0) is 12.3. The average molecular weight is 233 g/mol. The van der Waals surface area contributed by atoms with Gasteiger partial charge in [-0.2, -0.15) is 0 Å². The lowest BCUT2D eigenvalue weighted by atomic mass is 10.2. The standard InChI is InChI=1S/C13H15NO3/c1-3-6-17-12-8-13(15)14-11-5-4-9(16-2)7-10(11)12/h4-5,7-8H,3,6H2,1-2H3,(H,14,15). The van der Waals surface area contributed by atoms with Crippen molar-refractivity contribution in [3.8, 4) is 11.5 Å². The van der Waals surface area contributed by atoms with Gasteiger partial charge in [0.05, 0.1) is 19.2 Å². The van der Waals surface area contributed by atoms with Gasteiger partial charge in [0, 0.05) is 11.5 Å². The van der Waals surface area contributed by atoms with Gasteiger partial charge in [-0.25, -0.2) is 0 Å². The van der Waals surface area contributed by atoms with E-state index in [2.05, 4.69) is 4.98 Å². The molecular weight excluding hydrogens is 218 g/mol. The van der Waals surface area contributed by atoms with Crippen LogP contribution >= 0.6 is 0 Å². The number of aromatic nitrogens is 1. The minimum absolute atomic E-state index is 0.159. The van der Waals surface area contributed by atoms with E-state index in [4.69, 9.17) is 9.47 Å². The third-order valence-electron chi connectivity index (χ3n) is 2.47. The predicted molar refractivity (Wildman–Crippen MR) is 66.9 cm³/mol. The molecule has 1 aromatic carbocycles. The summed E-state index contributed by atoms with van der Waals surface area (Å²) in [6.45, 7) is 2.62. The van der Waals surface area contributed by atoms with Crippen molar-refractivity contribution in [3.63, 3.8) is 0 Å². The summed E-state index contributed by atoms with van der Waals surface area (Å²) in [5.41, 5.74) is 0.596. The monoisotopic (exact) mass is 233 g/mol. The Morgan fingerprint density at radius 3 is 2.82 bits per heavy atom. The van der Waals surface area contributed by atoms with Gasteiger partial charge in [-0.1, -0.05) is 6.92 Å². The number of pyridine rings is 1. The Hall–Kier alpha value is -1.97. The minimum Gasteiger partial charge on any atom is -0.497 e. The van der Waals surface area contributed by atoms with Gasteiger partial charge in [0.2, 0.25) is 0 Å². The van der Waals surface area contributed by atoms with E-state index < -0.39 is 0 Å². The fourth-order valence-corrected chi connectivity index (χ4v) is 1.66. The first kappa shape index (κ1) is 11.5. The Labute approximate surface area is 99.2 Å². The summed E-state index contributed by atoms with van der Waals surface area (Å²) in [4.78, 5) is 14.2. The Morgan fingerprint density at radius 2 is 2.12 bits per heavy atom. The summed E-state index contributed by atoms with van der Waals surface area (Å²) in [5.74, 6) is 1.34. The van der Waals surface area contributed by atoms with Gasteiger partial charge >= 0.3 is 0 Å². The zero-order valence-electron chi connectivity index (χ0n) is 9.95. The predicted octanol–water partition coefficient (Wildman–Crippen LogP) is 2.33. The maximum atomic E-state index is 11.5. The summed E-state index contributed by atoms with van der Waals surface area (Å²) < 4.78 is 10.7. The van der Waals surface area contributed by atoms with E-state index in [0.29, 0.717) is 12.4 Å². The molecule has 1 heterocycles. The van der Waals surface area contributed by atoms with Crippen LogP contribution in [0.3, 0.4) is 0 Å². The lowest BCUT2D eigenvalue weighted by Gasteiger charge is -2.09.